The Kier molecular flexibility index (Phi) is 6.83. The van der Waals surface area contributed by atoms with Gasteiger partial charge in [0.05, 0.1) is 16.5 Å². The van der Waals surface area contributed by atoms with Gasteiger partial charge in [-0.15, -0.1) is 16.8 Å². The number of hydrogen-bond acceptors (Lipinski definition) is 4. The van der Waals surface area contributed by atoms with Crippen molar-refractivity contribution in [1.82, 2.24) is 19.3 Å². The van der Waals surface area contributed by atoms with E-state index in [0.717, 1.165) is 11.5 Å². The molecule has 0 unspecified atom stereocenters. The molecule has 28 heavy (non-hydrogen) atoms. The van der Waals surface area contributed by atoms with Crippen molar-refractivity contribution in [3.8, 4) is 0 Å². The van der Waals surface area contributed by atoms with E-state index in [2.05, 4.69) is 22.1 Å². The number of hydrogen-bond donors (Lipinski definition) is 1. The smallest absolute Gasteiger partial charge is 0.234 e. The topological polar surface area (TPSA) is 64.7 Å². The Hall–Kier alpha value is -2.22. The fourth-order valence-corrected chi connectivity index (χ4v) is 3.72. The Morgan fingerprint density at radius 1 is 1.32 bits per heavy atom. The highest BCUT2D eigenvalue weighted by Crippen LogP contribution is 2.26. The summed E-state index contributed by atoms with van der Waals surface area (Å²) in [5, 5.41) is 12.9. The first-order valence-electron chi connectivity index (χ1n) is 8.49. The van der Waals surface area contributed by atoms with Crippen molar-refractivity contribution in [2.75, 3.05) is 11.1 Å². The minimum atomic E-state index is -0.202. The van der Waals surface area contributed by atoms with Gasteiger partial charge in [0, 0.05) is 36.9 Å². The SMILES string of the molecule is C=CCn1c(Cc2cccn2C)nnc1SCC(=O)Nc1cc(Cl)ccc1Cl. The summed E-state index contributed by atoms with van der Waals surface area (Å²) in [6, 6.07) is 8.96. The van der Waals surface area contributed by atoms with Crippen LogP contribution >= 0.6 is 35.0 Å². The molecule has 0 spiro atoms. The standard InChI is InChI=1S/C19H19Cl2N5OS/c1-3-8-26-17(11-14-5-4-9-25(14)2)23-24-19(26)28-12-18(27)22-16-10-13(20)6-7-15(16)21/h3-7,9-10H,1,8,11-12H2,2H3,(H,22,27). The lowest BCUT2D eigenvalue weighted by Crippen LogP contribution is -2.15. The molecule has 3 aromatic rings. The molecule has 0 bridgehead atoms. The highest BCUT2D eigenvalue weighted by atomic mass is 35.5. The predicted molar refractivity (Wildman–Crippen MR) is 114 cm³/mol. The number of nitrogens with zero attached hydrogens (tertiary/aromatic N) is 4. The summed E-state index contributed by atoms with van der Waals surface area (Å²) in [4.78, 5) is 12.3. The fraction of sp³-hybridized carbons (Fsp3) is 0.211. The Balaban J connectivity index is 1.68. The summed E-state index contributed by atoms with van der Waals surface area (Å²) in [6.07, 6.45) is 4.42. The molecule has 9 heteroatoms. The minimum Gasteiger partial charge on any atom is -0.354 e. The molecule has 3 rings (SSSR count). The highest BCUT2D eigenvalue weighted by Gasteiger charge is 2.15. The summed E-state index contributed by atoms with van der Waals surface area (Å²) in [7, 11) is 1.99. The Morgan fingerprint density at radius 3 is 2.86 bits per heavy atom. The molecule has 146 valence electrons. The molecule has 2 aromatic heterocycles. The first-order valence-corrected chi connectivity index (χ1v) is 10.2. The maximum atomic E-state index is 12.3. The van der Waals surface area contributed by atoms with Crippen molar-refractivity contribution in [2.45, 2.75) is 18.1 Å². The van der Waals surface area contributed by atoms with E-state index in [9.17, 15) is 4.79 Å². The molecule has 0 aliphatic heterocycles. The van der Waals surface area contributed by atoms with Gasteiger partial charge in [-0.2, -0.15) is 0 Å². The van der Waals surface area contributed by atoms with E-state index in [4.69, 9.17) is 23.2 Å². The number of allylic oxidation sites excluding steroid dienone is 1. The second kappa shape index (κ2) is 9.32. The van der Waals surface area contributed by atoms with Crippen LogP contribution in [0.3, 0.4) is 0 Å². The lowest BCUT2D eigenvalue weighted by molar-refractivity contribution is -0.113. The zero-order valence-electron chi connectivity index (χ0n) is 15.2. The molecule has 0 saturated heterocycles. The van der Waals surface area contributed by atoms with Crippen LogP contribution < -0.4 is 5.32 Å². The third-order valence-electron chi connectivity index (χ3n) is 4.03. The minimum absolute atomic E-state index is 0.169. The zero-order valence-corrected chi connectivity index (χ0v) is 17.6. The number of anilines is 1. The van der Waals surface area contributed by atoms with E-state index in [1.807, 2.05) is 34.5 Å². The third-order valence-corrected chi connectivity index (χ3v) is 5.56. The molecule has 0 aliphatic carbocycles. The van der Waals surface area contributed by atoms with Crippen LogP contribution in [0.1, 0.15) is 11.5 Å². The molecule has 1 N–H and O–H groups in total. The maximum Gasteiger partial charge on any atom is 0.234 e. The summed E-state index contributed by atoms with van der Waals surface area (Å²) >= 11 is 13.3. The second-order valence-corrected chi connectivity index (χ2v) is 7.83. The number of amides is 1. The molecule has 0 fully saturated rings. The molecule has 1 aromatic carbocycles. The van der Waals surface area contributed by atoms with Gasteiger partial charge in [0.2, 0.25) is 5.91 Å². The van der Waals surface area contributed by atoms with Gasteiger partial charge >= 0.3 is 0 Å². The van der Waals surface area contributed by atoms with Gasteiger partial charge in [0.1, 0.15) is 5.82 Å². The molecule has 0 aliphatic rings. The van der Waals surface area contributed by atoms with Gasteiger partial charge in [0.25, 0.3) is 0 Å². The number of nitrogens with one attached hydrogen (secondary N) is 1. The Bertz CT molecular complexity index is 998. The van der Waals surface area contributed by atoms with E-state index < -0.39 is 0 Å². The van der Waals surface area contributed by atoms with Crippen molar-refractivity contribution in [1.29, 1.82) is 0 Å². The van der Waals surface area contributed by atoms with E-state index in [1.54, 1.807) is 24.3 Å². The summed E-state index contributed by atoms with van der Waals surface area (Å²) in [5.41, 5.74) is 1.61. The summed E-state index contributed by atoms with van der Waals surface area (Å²) in [6.45, 7) is 4.37. The summed E-state index contributed by atoms with van der Waals surface area (Å²) < 4.78 is 4.01. The van der Waals surface area contributed by atoms with Crippen LogP contribution in [-0.2, 0) is 24.8 Å². The van der Waals surface area contributed by atoms with Crippen LogP contribution in [-0.4, -0.2) is 31.0 Å². The lowest BCUT2D eigenvalue weighted by Gasteiger charge is -2.09. The van der Waals surface area contributed by atoms with Crippen LogP contribution in [0.15, 0.2) is 54.3 Å². The van der Waals surface area contributed by atoms with Crippen molar-refractivity contribution < 1.29 is 4.79 Å². The van der Waals surface area contributed by atoms with Crippen molar-refractivity contribution in [3.05, 3.63) is 70.7 Å². The first-order chi connectivity index (χ1) is 13.5. The molecule has 0 atom stereocenters. The van der Waals surface area contributed by atoms with Crippen LogP contribution in [0.2, 0.25) is 10.0 Å². The molecule has 0 saturated carbocycles. The third kappa shape index (κ3) is 4.98. The van der Waals surface area contributed by atoms with Crippen LogP contribution in [0.5, 0.6) is 0 Å². The van der Waals surface area contributed by atoms with Crippen LogP contribution in [0, 0.1) is 0 Å². The number of aromatic nitrogens is 4. The van der Waals surface area contributed by atoms with E-state index in [0.29, 0.717) is 33.9 Å². The predicted octanol–water partition coefficient (Wildman–Crippen LogP) is 4.43. The van der Waals surface area contributed by atoms with Gasteiger partial charge < -0.3 is 14.5 Å². The van der Waals surface area contributed by atoms with Crippen LogP contribution in [0.25, 0.3) is 0 Å². The number of carbonyl (C=O) groups is 1. The van der Waals surface area contributed by atoms with Crippen molar-refractivity contribution in [3.63, 3.8) is 0 Å². The van der Waals surface area contributed by atoms with E-state index in [1.165, 1.54) is 11.8 Å². The number of halogens is 2. The maximum absolute atomic E-state index is 12.3. The number of benzene rings is 1. The van der Waals surface area contributed by atoms with Gasteiger partial charge in [-0.05, 0) is 30.3 Å². The first kappa shape index (κ1) is 20.5. The number of carbonyl (C=O) groups excluding carboxylic acids is 1. The normalized spacial score (nSPS) is 10.8. The molecule has 2 heterocycles. The number of rotatable bonds is 8. The second-order valence-electron chi connectivity index (χ2n) is 6.05. The highest BCUT2D eigenvalue weighted by molar-refractivity contribution is 7.99. The number of thioether (sulfide) groups is 1. The zero-order chi connectivity index (χ0) is 20.1. The average Bonchev–Trinajstić information content (AvgIpc) is 3.24. The quantitative estimate of drug-likeness (QED) is 0.419. The molecular formula is C19H19Cl2N5OS. The van der Waals surface area contributed by atoms with Crippen LogP contribution in [0.4, 0.5) is 5.69 Å². The van der Waals surface area contributed by atoms with Gasteiger partial charge in [-0.3, -0.25) is 4.79 Å². The van der Waals surface area contributed by atoms with Gasteiger partial charge in [-0.1, -0.05) is 41.0 Å². The molecule has 0 radical (unpaired) electrons. The largest absolute Gasteiger partial charge is 0.354 e. The molecular weight excluding hydrogens is 417 g/mol. The summed E-state index contributed by atoms with van der Waals surface area (Å²) in [5.74, 6) is 0.788. The monoisotopic (exact) mass is 435 g/mol. The Morgan fingerprint density at radius 2 is 2.14 bits per heavy atom. The molecule has 1 amide bonds. The van der Waals surface area contributed by atoms with Crippen molar-refractivity contribution >= 4 is 46.6 Å². The average molecular weight is 436 g/mol. The Labute approximate surface area is 177 Å². The van der Waals surface area contributed by atoms with E-state index in [-0.39, 0.29) is 11.7 Å². The van der Waals surface area contributed by atoms with Crippen molar-refractivity contribution in [2.24, 2.45) is 7.05 Å². The lowest BCUT2D eigenvalue weighted by atomic mass is 10.3. The van der Waals surface area contributed by atoms with E-state index >= 15 is 0 Å². The fourth-order valence-electron chi connectivity index (χ4n) is 2.62. The van der Waals surface area contributed by atoms with Gasteiger partial charge in [-0.25, -0.2) is 0 Å². The number of aryl methyl sites for hydroxylation is 1. The van der Waals surface area contributed by atoms with Gasteiger partial charge in [0.15, 0.2) is 5.16 Å². The molecule has 6 nitrogen and oxygen atoms in total.